The Morgan fingerprint density at radius 1 is 1.19 bits per heavy atom. The summed E-state index contributed by atoms with van der Waals surface area (Å²) in [5, 5.41) is 24.7. The summed E-state index contributed by atoms with van der Waals surface area (Å²) in [5.74, 6) is 0.904. The van der Waals surface area contributed by atoms with Gasteiger partial charge in [-0.05, 0) is 20.8 Å². The SMILES string of the molecule is COc1ccc(CNS(=O)(=O)c2cc([I-]N([O-])O)ccc2-n2cc(CN(CC(F)F)C(=O)OC(C)(C)C)cn2)c(OC)c1. The minimum absolute atomic E-state index is 0.0706. The molecule has 238 valence electrons. The van der Waals surface area contributed by atoms with Crippen molar-refractivity contribution in [3.8, 4) is 17.2 Å². The molecular formula is C26H32F2IN5O8S-2. The quantitative estimate of drug-likeness (QED) is 0.146. The summed E-state index contributed by atoms with van der Waals surface area (Å²) < 4.78 is 73.2. The second kappa shape index (κ2) is 14.6. The molecule has 0 radical (unpaired) electrons. The first-order chi connectivity index (χ1) is 20.1. The van der Waals surface area contributed by atoms with E-state index in [0.29, 0.717) is 26.2 Å². The molecule has 0 saturated heterocycles. The Bertz CT molecular complexity index is 1520. The van der Waals surface area contributed by atoms with E-state index in [1.165, 1.54) is 49.5 Å². The summed E-state index contributed by atoms with van der Waals surface area (Å²) in [4.78, 5) is 13.1. The van der Waals surface area contributed by atoms with Crippen molar-refractivity contribution in [3.05, 3.63) is 68.7 Å². The van der Waals surface area contributed by atoms with Gasteiger partial charge in [-0.15, -0.1) is 0 Å². The molecule has 0 aliphatic rings. The molecule has 0 saturated carbocycles. The Morgan fingerprint density at radius 3 is 2.51 bits per heavy atom. The van der Waals surface area contributed by atoms with Gasteiger partial charge in [-0.2, -0.15) is 0 Å². The maximum absolute atomic E-state index is 13.6. The van der Waals surface area contributed by atoms with Crippen LogP contribution in [0.2, 0.25) is 0 Å². The van der Waals surface area contributed by atoms with Crippen LogP contribution in [0.25, 0.3) is 5.69 Å². The molecular weight excluding hydrogens is 707 g/mol. The number of amides is 1. The number of methoxy groups -OCH3 is 2. The Morgan fingerprint density at radius 2 is 1.91 bits per heavy atom. The molecule has 0 fully saturated rings. The summed E-state index contributed by atoms with van der Waals surface area (Å²) in [7, 11) is -1.35. The van der Waals surface area contributed by atoms with Gasteiger partial charge in [-0.3, -0.25) is 0 Å². The second-order valence-corrected chi connectivity index (χ2v) is 14.3. The number of ether oxygens (including phenoxy) is 3. The van der Waals surface area contributed by atoms with Gasteiger partial charge in [-0.1, -0.05) is 0 Å². The monoisotopic (exact) mass is 739 g/mol. The Kier molecular flexibility index (Phi) is 11.7. The normalized spacial score (nSPS) is 12.2. The number of hydrogen-bond acceptors (Lipinski definition) is 10. The number of nitrogens with zero attached hydrogens (tertiary/aromatic N) is 4. The van der Waals surface area contributed by atoms with E-state index < -0.39 is 56.2 Å². The van der Waals surface area contributed by atoms with Crippen molar-refractivity contribution < 1.29 is 62.9 Å². The molecule has 17 heteroatoms. The van der Waals surface area contributed by atoms with Crippen LogP contribution in [0.3, 0.4) is 0 Å². The molecule has 3 rings (SSSR count). The van der Waals surface area contributed by atoms with E-state index in [-0.39, 0.29) is 27.1 Å². The Labute approximate surface area is 258 Å². The van der Waals surface area contributed by atoms with E-state index in [4.69, 9.17) is 14.2 Å². The van der Waals surface area contributed by atoms with Gasteiger partial charge >= 0.3 is 239 Å². The second-order valence-electron chi connectivity index (χ2n) is 9.97. The number of halogens is 3. The predicted molar refractivity (Wildman–Crippen MR) is 145 cm³/mol. The van der Waals surface area contributed by atoms with Gasteiger partial charge in [0.1, 0.15) is 0 Å². The molecule has 2 aromatic carbocycles. The Balaban J connectivity index is 1.95. The third kappa shape index (κ3) is 9.97. The first-order valence-corrected chi connectivity index (χ1v) is 16.1. The van der Waals surface area contributed by atoms with Gasteiger partial charge in [0.2, 0.25) is 0 Å². The zero-order valence-corrected chi connectivity index (χ0v) is 26.9. The van der Waals surface area contributed by atoms with Crippen LogP contribution in [-0.4, -0.2) is 70.6 Å². The van der Waals surface area contributed by atoms with Gasteiger partial charge in [-0.25, -0.2) is 0 Å². The molecule has 0 unspecified atom stereocenters. The minimum atomic E-state index is -4.27. The average molecular weight is 740 g/mol. The number of aromatic nitrogens is 2. The van der Waals surface area contributed by atoms with Crippen LogP contribution in [0.1, 0.15) is 31.9 Å². The number of nitrogens with one attached hydrogen (secondary N) is 1. The van der Waals surface area contributed by atoms with Crippen molar-refractivity contribution in [1.29, 1.82) is 0 Å². The summed E-state index contributed by atoms with van der Waals surface area (Å²) in [6.45, 7) is 3.50. The number of carbonyl (C=O) groups is 1. The average Bonchev–Trinajstić information content (AvgIpc) is 3.38. The van der Waals surface area contributed by atoms with E-state index in [1.807, 2.05) is 0 Å². The van der Waals surface area contributed by atoms with Crippen molar-refractivity contribution in [3.63, 3.8) is 0 Å². The number of hydrogen-bond donors (Lipinski definition) is 2. The van der Waals surface area contributed by atoms with Gasteiger partial charge in [0.25, 0.3) is 0 Å². The van der Waals surface area contributed by atoms with Crippen LogP contribution in [0.15, 0.2) is 53.7 Å². The van der Waals surface area contributed by atoms with Gasteiger partial charge in [0, 0.05) is 0 Å². The fourth-order valence-electron chi connectivity index (χ4n) is 3.77. The molecule has 2 N–H and O–H groups in total. The summed E-state index contributed by atoms with van der Waals surface area (Å²) >= 11 is -1.64. The third-order valence-electron chi connectivity index (χ3n) is 5.59. The van der Waals surface area contributed by atoms with Gasteiger partial charge in [0.15, 0.2) is 0 Å². The van der Waals surface area contributed by atoms with Crippen LogP contribution in [0.4, 0.5) is 13.6 Å². The molecule has 13 nitrogen and oxygen atoms in total. The topological polar surface area (TPSA) is 159 Å². The number of alkyl halides is 2. The van der Waals surface area contributed by atoms with Crippen LogP contribution < -0.4 is 35.7 Å². The molecule has 1 heterocycles. The molecule has 0 bridgehead atoms. The fourth-order valence-corrected chi connectivity index (χ4v) is 6.47. The van der Waals surface area contributed by atoms with E-state index in [0.717, 1.165) is 4.90 Å². The number of benzene rings is 2. The summed E-state index contributed by atoms with van der Waals surface area (Å²) in [6, 6.07) is 9.02. The van der Waals surface area contributed by atoms with E-state index >= 15 is 0 Å². The Hall–Kier alpha value is -3.10. The molecule has 0 atom stereocenters. The zero-order valence-electron chi connectivity index (χ0n) is 24.0. The first-order valence-electron chi connectivity index (χ1n) is 12.6. The number of carbonyl (C=O) groups excluding carboxylic acids is 1. The van der Waals surface area contributed by atoms with Gasteiger partial charge in [0.05, 0.1) is 0 Å². The summed E-state index contributed by atoms with van der Waals surface area (Å²) in [6.07, 6.45) is -1.06. The molecule has 1 amide bonds. The van der Waals surface area contributed by atoms with Crippen molar-refractivity contribution in [2.24, 2.45) is 0 Å². The van der Waals surface area contributed by atoms with Crippen LogP contribution in [0.5, 0.6) is 11.5 Å². The molecule has 0 aliphatic carbocycles. The maximum atomic E-state index is 13.6. The van der Waals surface area contributed by atoms with Crippen LogP contribution >= 0.6 is 0 Å². The zero-order chi connectivity index (χ0) is 31.9. The van der Waals surface area contributed by atoms with E-state index in [9.17, 15) is 32.4 Å². The van der Waals surface area contributed by atoms with E-state index in [1.54, 1.807) is 39.0 Å². The standard InChI is InChI=1S/C26H32F2IN5O8S/c1-26(2,3)42-25(35)32(16-24(27)28)14-17-12-30-33(15-17)21-9-7-19(29-34(36)37)10-23(21)43(38,39)31-13-18-6-8-20(40-4)11-22(18)41-5/h6-12,15,24,31,36H,13-14,16H2,1-5H3/q-2. The molecule has 3 aromatic rings. The van der Waals surface area contributed by atoms with E-state index in [2.05, 4.69) is 9.82 Å². The third-order valence-corrected chi connectivity index (χ3v) is 8.67. The number of rotatable bonds is 13. The van der Waals surface area contributed by atoms with Crippen molar-refractivity contribution in [2.75, 3.05) is 20.8 Å². The molecule has 0 spiro atoms. The van der Waals surface area contributed by atoms with Crippen molar-refractivity contribution >= 4 is 16.1 Å². The van der Waals surface area contributed by atoms with Crippen molar-refractivity contribution in [1.82, 2.24) is 22.8 Å². The molecule has 43 heavy (non-hydrogen) atoms. The van der Waals surface area contributed by atoms with Crippen LogP contribution in [-0.2, 0) is 27.8 Å². The first kappa shape index (κ1) is 34.4. The van der Waals surface area contributed by atoms with Gasteiger partial charge < -0.3 is 0 Å². The molecule has 1 aromatic heterocycles. The number of sulfonamides is 1. The van der Waals surface area contributed by atoms with Crippen LogP contribution in [0, 0.1) is 8.78 Å². The fraction of sp³-hybridized carbons (Fsp3) is 0.385. The van der Waals surface area contributed by atoms with Crippen molar-refractivity contribution in [2.45, 2.75) is 50.8 Å². The molecule has 0 aliphatic heterocycles. The summed E-state index contributed by atoms with van der Waals surface area (Å²) in [5.41, 5.74) is -0.00261. The predicted octanol–water partition coefficient (Wildman–Crippen LogP) is 0.733.